The van der Waals surface area contributed by atoms with E-state index in [1.54, 1.807) is 10.7 Å². The molecule has 1 N–H and O–H groups in total. The van der Waals surface area contributed by atoms with Crippen molar-refractivity contribution in [1.82, 2.24) is 9.78 Å². The van der Waals surface area contributed by atoms with Gasteiger partial charge in [-0.2, -0.15) is 5.10 Å². The molecule has 1 aliphatic heterocycles. The van der Waals surface area contributed by atoms with E-state index >= 15 is 0 Å². The molecular weight excluding hydrogens is 374 g/mol. The maximum Gasteiger partial charge on any atom is 0.276 e. The van der Waals surface area contributed by atoms with Gasteiger partial charge in [-0.15, -0.1) is 0 Å². The van der Waals surface area contributed by atoms with Crippen LogP contribution in [0.5, 0.6) is 0 Å². The van der Waals surface area contributed by atoms with Gasteiger partial charge in [0.2, 0.25) is 0 Å². The van der Waals surface area contributed by atoms with Crippen LogP contribution < -0.4 is 5.32 Å². The fourth-order valence-corrected chi connectivity index (χ4v) is 5.15. The Morgan fingerprint density at radius 1 is 1.21 bits per heavy atom. The fraction of sp³-hybridized carbons (Fsp3) is 0.524. The maximum absolute atomic E-state index is 12.7. The van der Waals surface area contributed by atoms with E-state index in [0.29, 0.717) is 17.8 Å². The van der Waals surface area contributed by atoms with E-state index in [4.69, 9.17) is 0 Å². The van der Waals surface area contributed by atoms with Crippen molar-refractivity contribution >= 4 is 21.4 Å². The van der Waals surface area contributed by atoms with Gasteiger partial charge in [0.25, 0.3) is 5.91 Å². The largest absolute Gasteiger partial charge is 0.321 e. The molecule has 1 aromatic carbocycles. The Hall–Kier alpha value is -2.15. The summed E-state index contributed by atoms with van der Waals surface area (Å²) >= 11 is 0. The topological polar surface area (TPSA) is 81.1 Å². The van der Waals surface area contributed by atoms with Crippen LogP contribution in [0.15, 0.2) is 30.3 Å². The molecule has 1 saturated heterocycles. The number of hydrogen-bond acceptors (Lipinski definition) is 4. The Kier molecular flexibility index (Phi) is 5.40. The number of aromatic nitrogens is 2. The van der Waals surface area contributed by atoms with Gasteiger partial charge in [-0.1, -0.05) is 46.8 Å². The van der Waals surface area contributed by atoms with Crippen molar-refractivity contribution in [3.05, 3.63) is 47.3 Å². The minimum absolute atomic E-state index is 0.0507. The van der Waals surface area contributed by atoms with E-state index in [-0.39, 0.29) is 34.8 Å². The molecule has 0 saturated carbocycles. The first-order valence-corrected chi connectivity index (χ1v) is 11.5. The first-order valence-electron chi connectivity index (χ1n) is 9.68. The SMILES string of the molecule is CC(C)c1cc(C(=O)Nc2ccc(C(C)(C)C)cc2)nn1[C@H]1CCS(=O)(=O)C1. The summed E-state index contributed by atoms with van der Waals surface area (Å²) in [6.45, 7) is 10.5. The van der Waals surface area contributed by atoms with Crippen molar-refractivity contribution in [2.45, 2.75) is 58.4 Å². The van der Waals surface area contributed by atoms with Gasteiger partial charge in [0.05, 0.1) is 17.5 Å². The number of amides is 1. The number of sulfone groups is 1. The van der Waals surface area contributed by atoms with Crippen LogP contribution in [0.4, 0.5) is 5.69 Å². The lowest BCUT2D eigenvalue weighted by molar-refractivity contribution is 0.102. The van der Waals surface area contributed by atoms with Gasteiger partial charge in [-0.25, -0.2) is 8.42 Å². The third kappa shape index (κ3) is 4.46. The molecule has 1 amide bonds. The third-order valence-corrected chi connectivity index (χ3v) is 6.90. The van der Waals surface area contributed by atoms with Gasteiger partial charge in [0.1, 0.15) is 0 Å². The molecule has 2 heterocycles. The molecule has 0 spiro atoms. The number of hydrogen-bond donors (Lipinski definition) is 1. The molecule has 0 aliphatic carbocycles. The van der Waals surface area contributed by atoms with Crippen molar-refractivity contribution in [2.24, 2.45) is 0 Å². The summed E-state index contributed by atoms with van der Waals surface area (Å²) in [6, 6.07) is 9.38. The minimum Gasteiger partial charge on any atom is -0.321 e. The highest BCUT2D eigenvalue weighted by molar-refractivity contribution is 7.91. The summed E-state index contributed by atoms with van der Waals surface area (Å²) < 4.78 is 25.5. The smallest absolute Gasteiger partial charge is 0.276 e. The lowest BCUT2D eigenvalue weighted by Crippen LogP contribution is -2.17. The van der Waals surface area contributed by atoms with E-state index in [2.05, 4.69) is 31.2 Å². The second kappa shape index (κ2) is 7.35. The molecule has 1 aromatic heterocycles. The van der Waals surface area contributed by atoms with Crippen molar-refractivity contribution in [3.63, 3.8) is 0 Å². The van der Waals surface area contributed by atoms with Crippen LogP contribution in [0.25, 0.3) is 0 Å². The number of carbonyl (C=O) groups excluding carboxylic acids is 1. The van der Waals surface area contributed by atoms with Gasteiger partial charge in [0.15, 0.2) is 15.5 Å². The zero-order valence-corrected chi connectivity index (χ0v) is 18.0. The van der Waals surface area contributed by atoms with Crippen LogP contribution in [0, 0.1) is 0 Å². The van der Waals surface area contributed by atoms with Gasteiger partial charge >= 0.3 is 0 Å². The fourth-order valence-electron chi connectivity index (χ4n) is 3.46. The summed E-state index contributed by atoms with van der Waals surface area (Å²) in [4.78, 5) is 12.7. The average Bonchev–Trinajstić information content (AvgIpc) is 3.18. The predicted octanol–water partition coefficient (Wildman–Crippen LogP) is 3.92. The summed E-state index contributed by atoms with van der Waals surface area (Å²) in [5, 5.41) is 7.36. The Morgan fingerprint density at radius 2 is 1.86 bits per heavy atom. The first-order chi connectivity index (χ1) is 13.0. The number of carbonyl (C=O) groups is 1. The number of anilines is 1. The van der Waals surface area contributed by atoms with Crippen molar-refractivity contribution in [2.75, 3.05) is 16.8 Å². The van der Waals surface area contributed by atoms with Crippen LogP contribution >= 0.6 is 0 Å². The van der Waals surface area contributed by atoms with Gasteiger partial charge in [-0.05, 0) is 41.5 Å². The van der Waals surface area contributed by atoms with E-state index < -0.39 is 9.84 Å². The van der Waals surface area contributed by atoms with Crippen LogP contribution in [0.3, 0.4) is 0 Å². The minimum atomic E-state index is -3.02. The van der Waals surface area contributed by atoms with Crippen LogP contribution in [0.1, 0.15) is 74.7 Å². The van der Waals surface area contributed by atoms with E-state index in [0.717, 1.165) is 5.69 Å². The van der Waals surface area contributed by atoms with E-state index in [9.17, 15) is 13.2 Å². The molecule has 152 valence electrons. The molecule has 0 unspecified atom stereocenters. The van der Waals surface area contributed by atoms with Crippen LogP contribution in [-0.2, 0) is 15.3 Å². The lowest BCUT2D eigenvalue weighted by Gasteiger charge is -2.19. The molecule has 1 fully saturated rings. The molecule has 0 radical (unpaired) electrons. The third-order valence-electron chi connectivity index (χ3n) is 5.15. The Balaban J connectivity index is 1.81. The van der Waals surface area contributed by atoms with Crippen molar-refractivity contribution < 1.29 is 13.2 Å². The van der Waals surface area contributed by atoms with E-state index in [1.807, 2.05) is 38.1 Å². The molecule has 28 heavy (non-hydrogen) atoms. The van der Waals surface area contributed by atoms with E-state index in [1.165, 1.54) is 5.56 Å². The summed E-state index contributed by atoms with van der Waals surface area (Å²) in [5.41, 5.74) is 3.15. The highest BCUT2D eigenvalue weighted by Crippen LogP contribution is 2.28. The number of rotatable bonds is 4. The van der Waals surface area contributed by atoms with Crippen molar-refractivity contribution in [1.29, 1.82) is 0 Å². The molecule has 6 nitrogen and oxygen atoms in total. The standard InChI is InChI=1S/C21H29N3O3S/c1-14(2)19-12-18(23-24(19)17-10-11-28(26,27)13-17)20(25)22-16-8-6-15(7-9-16)21(3,4)5/h6-9,12,14,17H,10-11,13H2,1-5H3,(H,22,25)/t17-/m0/s1. The van der Waals surface area contributed by atoms with Crippen molar-refractivity contribution in [3.8, 4) is 0 Å². The molecule has 1 aliphatic rings. The molecule has 3 rings (SSSR count). The molecule has 1 atom stereocenters. The monoisotopic (exact) mass is 403 g/mol. The van der Waals surface area contributed by atoms with Gasteiger partial charge < -0.3 is 5.32 Å². The summed E-state index contributed by atoms with van der Waals surface area (Å²) in [6.07, 6.45) is 0.541. The lowest BCUT2D eigenvalue weighted by atomic mass is 9.87. The number of nitrogens with one attached hydrogen (secondary N) is 1. The maximum atomic E-state index is 12.7. The first kappa shape index (κ1) is 20.6. The zero-order valence-electron chi connectivity index (χ0n) is 17.2. The second-order valence-electron chi connectivity index (χ2n) is 8.89. The highest BCUT2D eigenvalue weighted by Gasteiger charge is 2.32. The Morgan fingerprint density at radius 3 is 2.36 bits per heavy atom. The van der Waals surface area contributed by atoms with Crippen LogP contribution in [-0.4, -0.2) is 35.6 Å². The zero-order chi connectivity index (χ0) is 20.7. The normalized spacial score (nSPS) is 19.1. The number of benzene rings is 1. The predicted molar refractivity (Wildman–Crippen MR) is 112 cm³/mol. The molecular formula is C21H29N3O3S. The molecule has 7 heteroatoms. The average molecular weight is 404 g/mol. The van der Waals surface area contributed by atoms with Crippen LogP contribution in [0.2, 0.25) is 0 Å². The molecule has 2 aromatic rings. The summed E-state index contributed by atoms with van der Waals surface area (Å²) in [7, 11) is -3.02. The second-order valence-corrected chi connectivity index (χ2v) is 11.1. The van der Waals surface area contributed by atoms with Gasteiger partial charge in [-0.3, -0.25) is 9.48 Å². The Labute approximate surface area is 167 Å². The number of nitrogens with zero attached hydrogens (tertiary/aromatic N) is 2. The quantitative estimate of drug-likeness (QED) is 0.839. The summed E-state index contributed by atoms with van der Waals surface area (Å²) in [5.74, 6) is 0.119. The Bertz CT molecular complexity index is 967. The highest BCUT2D eigenvalue weighted by atomic mass is 32.2. The molecule has 0 bridgehead atoms. The van der Waals surface area contributed by atoms with Gasteiger partial charge in [0, 0.05) is 11.4 Å².